The topological polar surface area (TPSA) is 23.5 Å². The van der Waals surface area contributed by atoms with Crippen molar-refractivity contribution in [2.45, 2.75) is 31.7 Å². The molecule has 0 fully saturated rings. The van der Waals surface area contributed by atoms with Crippen LogP contribution in [-0.2, 0) is 6.42 Å². The quantitative estimate of drug-likeness (QED) is 0.848. The SMILES string of the molecule is CN(C)C1CCC2=C(C1)c1cc(O)ccc1Cc1ccccc12. The van der Waals surface area contributed by atoms with Crippen LogP contribution in [0, 0.1) is 0 Å². The Kier molecular flexibility index (Phi) is 3.50. The first-order chi connectivity index (χ1) is 11.1. The molecule has 0 amide bonds. The van der Waals surface area contributed by atoms with Crippen LogP contribution in [0.2, 0.25) is 0 Å². The number of hydrogen-bond donors (Lipinski definition) is 1. The van der Waals surface area contributed by atoms with Crippen LogP contribution in [0.1, 0.15) is 41.5 Å². The van der Waals surface area contributed by atoms with Gasteiger partial charge in [0, 0.05) is 6.04 Å². The molecule has 2 aromatic rings. The van der Waals surface area contributed by atoms with Crippen LogP contribution < -0.4 is 0 Å². The normalized spacial score (nSPS) is 19.9. The molecule has 0 heterocycles. The van der Waals surface area contributed by atoms with Crippen molar-refractivity contribution in [1.29, 1.82) is 0 Å². The van der Waals surface area contributed by atoms with Gasteiger partial charge in [0.2, 0.25) is 0 Å². The van der Waals surface area contributed by atoms with Crippen LogP contribution in [0.5, 0.6) is 5.75 Å². The molecular weight excluding hydrogens is 282 g/mol. The van der Waals surface area contributed by atoms with Crippen LogP contribution >= 0.6 is 0 Å². The number of hydrogen-bond acceptors (Lipinski definition) is 2. The Hall–Kier alpha value is -2.06. The Morgan fingerprint density at radius 1 is 0.957 bits per heavy atom. The molecule has 0 radical (unpaired) electrons. The lowest BCUT2D eigenvalue weighted by Crippen LogP contribution is -2.30. The lowest BCUT2D eigenvalue weighted by molar-refractivity contribution is 0.281. The monoisotopic (exact) mass is 305 g/mol. The molecule has 118 valence electrons. The van der Waals surface area contributed by atoms with Gasteiger partial charge < -0.3 is 10.0 Å². The maximum atomic E-state index is 10.0. The molecule has 2 heteroatoms. The lowest BCUT2D eigenvalue weighted by atomic mass is 9.81. The van der Waals surface area contributed by atoms with E-state index in [-0.39, 0.29) is 0 Å². The van der Waals surface area contributed by atoms with Gasteiger partial charge in [0.25, 0.3) is 0 Å². The second-order valence-electron chi connectivity index (χ2n) is 6.99. The molecule has 1 unspecified atom stereocenters. The van der Waals surface area contributed by atoms with E-state index in [1.807, 2.05) is 12.1 Å². The number of phenols is 1. The van der Waals surface area contributed by atoms with Gasteiger partial charge in [0.1, 0.15) is 5.75 Å². The first-order valence-corrected chi connectivity index (χ1v) is 8.42. The van der Waals surface area contributed by atoms with Gasteiger partial charge in [0.05, 0.1) is 0 Å². The van der Waals surface area contributed by atoms with E-state index in [0.717, 1.165) is 19.3 Å². The Morgan fingerprint density at radius 2 is 1.74 bits per heavy atom. The summed E-state index contributed by atoms with van der Waals surface area (Å²) in [5.74, 6) is 0.369. The van der Waals surface area contributed by atoms with Gasteiger partial charge >= 0.3 is 0 Å². The van der Waals surface area contributed by atoms with Crippen LogP contribution in [-0.4, -0.2) is 30.1 Å². The number of phenolic OH excluding ortho intramolecular Hbond substituents is 1. The predicted molar refractivity (Wildman–Crippen MR) is 95.5 cm³/mol. The Morgan fingerprint density at radius 3 is 2.57 bits per heavy atom. The fraction of sp³-hybridized carbons (Fsp3) is 0.333. The third kappa shape index (κ3) is 2.47. The van der Waals surface area contributed by atoms with Crippen molar-refractivity contribution in [3.63, 3.8) is 0 Å². The molecule has 4 rings (SSSR count). The zero-order valence-electron chi connectivity index (χ0n) is 13.8. The summed E-state index contributed by atoms with van der Waals surface area (Å²) >= 11 is 0. The third-order valence-corrected chi connectivity index (χ3v) is 5.40. The smallest absolute Gasteiger partial charge is 0.116 e. The van der Waals surface area contributed by atoms with Crippen LogP contribution in [0.15, 0.2) is 42.5 Å². The van der Waals surface area contributed by atoms with E-state index in [4.69, 9.17) is 0 Å². The van der Waals surface area contributed by atoms with Crippen LogP contribution in [0.25, 0.3) is 11.1 Å². The Bertz CT molecular complexity index is 788. The van der Waals surface area contributed by atoms with Gasteiger partial charge in [-0.1, -0.05) is 30.3 Å². The van der Waals surface area contributed by atoms with E-state index in [1.165, 1.54) is 39.8 Å². The molecular formula is C21H23NO. The average Bonchev–Trinajstić information content (AvgIpc) is 2.69. The number of rotatable bonds is 1. The predicted octanol–water partition coefficient (Wildman–Crippen LogP) is 4.32. The number of allylic oxidation sites excluding steroid dienone is 1. The van der Waals surface area contributed by atoms with E-state index < -0.39 is 0 Å². The number of fused-ring (bicyclic) bond motifs is 4. The zero-order valence-corrected chi connectivity index (χ0v) is 13.8. The summed E-state index contributed by atoms with van der Waals surface area (Å²) in [6.07, 6.45) is 4.33. The molecule has 1 atom stereocenters. The highest BCUT2D eigenvalue weighted by molar-refractivity contribution is 5.95. The first-order valence-electron chi connectivity index (χ1n) is 8.42. The van der Waals surface area contributed by atoms with Gasteiger partial charge in [-0.3, -0.25) is 0 Å². The summed E-state index contributed by atoms with van der Waals surface area (Å²) in [6.45, 7) is 0. The van der Waals surface area contributed by atoms with Gasteiger partial charge in [-0.05, 0) is 85.3 Å². The van der Waals surface area contributed by atoms with Crippen molar-refractivity contribution in [3.8, 4) is 5.75 Å². The Balaban J connectivity index is 1.95. The van der Waals surface area contributed by atoms with Gasteiger partial charge in [0.15, 0.2) is 0 Å². The summed E-state index contributed by atoms with van der Waals surface area (Å²) in [6, 6.07) is 15.3. The summed E-state index contributed by atoms with van der Waals surface area (Å²) in [4.78, 5) is 2.34. The molecule has 0 aliphatic heterocycles. The fourth-order valence-electron chi connectivity index (χ4n) is 4.11. The molecule has 0 spiro atoms. The molecule has 0 bridgehead atoms. The second kappa shape index (κ2) is 5.54. The number of nitrogens with zero attached hydrogens (tertiary/aromatic N) is 1. The van der Waals surface area contributed by atoms with Crippen molar-refractivity contribution in [2.24, 2.45) is 0 Å². The first kappa shape index (κ1) is 14.5. The molecule has 0 saturated heterocycles. The molecule has 2 aliphatic rings. The average molecular weight is 305 g/mol. The van der Waals surface area contributed by atoms with Crippen LogP contribution in [0.3, 0.4) is 0 Å². The third-order valence-electron chi connectivity index (χ3n) is 5.40. The molecule has 23 heavy (non-hydrogen) atoms. The largest absolute Gasteiger partial charge is 0.508 e. The highest BCUT2D eigenvalue weighted by atomic mass is 16.3. The summed E-state index contributed by atoms with van der Waals surface area (Å²) in [5.41, 5.74) is 8.33. The minimum atomic E-state index is 0.369. The van der Waals surface area contributed by atoms with Gasteiger partial charge in [-0.2, -0.15) is 0 Å². The Labute approximate surface area is 138 Å². The van der Waals surface area contributed by atoms with Crippen molar-refractivity contribution in [1.82, 2.24) is 4.90 Å². The highest BCUT2D eigenvalue weighted by Gasteiger charge is 2.28. The fourth-order valence-corrected chi connectivity index (χ4v) is 4.11. The molecule has 0 saturated carbocycles. The van der Waals surface area contributed by atoms with E-state index >= 15 is 0 Å². The molecule has 2 aliphatic carbocycles. The highest BCUT2D eigenvalue weighted by Crippen LogP contribution is 2.44. The minimum absolute atomic E-state index is 0.369. The molecule has 0 aromatic heterocycles. The summed E-state index contributed by atoms with van der Waals surface area (Å²) < 4.78 is 0. The van der Waals surface area contributed by atoms with E-state index in [0.29, 0.717) is 11.8 Å². The van der Waals surface area contributed by atoms with E-state index in [1.54, 1.807) is 0 Å². The minimum Gasteiger partial charge on any atom is -0.508 e. The second-order valence-corrected chi connectivity index (χ2v) is 6.99. The summed E-state index contributed by atoms with van der Waals surface area (Å²) in [5, 5.41) is 10.0. The van der Waals surface area contributed by atoms with Crippen molar-refractivity contribution >= 4 is 11.1 Å². The van der Waals surface area contributed by atoms with Gasteiger partial charge in [-0.25, -0.2) is 0 Å². The zero-order chi connectivity index (χ0) is 16.0. The maximum absolute atomic E-state index is 10.0. The lowest BCUT2D eigenvalue weighted by Gasteiger charge is -2.32. The molecule has 2 aromatic carbocycles. The van der Waals surface area contributed by atoms with Crippen LogP contribution in [0.4, 0.5) is 0 Å². The van der Waals surface area contributed by atoms with Gasteiger partial charge in [-0.15, -0.1) is 0 Å². The van der Waals surface area contributed by atoms with Crippen molar-refractivity contribution in [2.75, 3.05) is 14.1 Å². The van der Waals surface area contributed by atoms with Crippen molar-refractivity contribution in [3.05, 3.63) is 64.7 Å². The van der Waals surface area contributed by atoms with Crippen molar-refractivity contribution < 1.29 is 5.11 Å². The number of benzene rings is 2. The number of aromatic hydroxyl groups is 1. The van der Waals surface area contributed by atoms with E-state index in [9.17, 15) is 5.11 Å². The van der Waals surface area contributed by atoms with E-state index in [2.05, 4.69) is 49.3 Å². The standard InChI is InChI=1S/C21H23NO/c1-22(2)16-8-10-19-18-6-4-3-5-14(18)11-15-7-9-17(23)13-20(15)21(19)12-16/h3-7,9,13,16,23H,8,10-12H2,1-2H3. The molecule has 2 nitrogen and oxygen atoms in total. The maximum Gasteiger partial charge on any atom is 0.116 e. The molecule has 1 N–H and O–H groups in total. The summed E-state index contributed by atoms with van der Waals surface area (Å²) in [7, 11) is 4.34.